The van der Waals surface area contributed by atoms with Gasteiger partial charge in [0.05, 0.1) is 22.7 Å². The first-order valence-corrected chi connectivity index (χ1v) is 24.7. The molecule has 0 aromatic heterocycles. The van der Waals surface area contributed by atoms with Crippen LogP contribution in [-0.2, 0) is 0 Å². The molecular weight excluding hydrogens is 869 g/mol. The summed E-state index contributed by atoms with van der Waals surface area (Å²) >= 11 is 0. The molecule has 0 aliphatic carbocycles. The molecule has 0 spiro atoms. The molecule has 72 heavy (non-hydrogen) atoms. The lowest BCUT2D eigenvalue weighted by Gasteiger charge is -2.28. The molecule has 13 aromatic rings. The zero-order valence-corrected chi connectivity index (χ0v) is 39.6. The molecule has 0 heterocycles. The molecule has 0 unspecified atom stereocenters. The minimum absolute atomic E-state index is 1.11. The molecule has 13 aromatic carbocycles. The average molecular weight is 917 g/mol. The van der Waals surface area contributed by atoms with Crippen molar-refractivity contribution in [2.75, 3.05) is 9.80 Å². The Morgan fingerprint density at radius 2 is 0.472 bits per heavy atom. The Labute approximate surface area is 419 Å². The summed E-state index contributed by atoms with van der Waals surface area (Å²) in [6, 6.07) is 96.9. The molecule has 0 bridgehead atoms. The number of benzene rings is 13. The van der Waals surface area contributed by atoms with Crippen molar-refractivity contribution in [3.05, 3.63) is 289 Å². The third kappa shape index (κ3) is 8.11. The lowest BCUT2D eigenvalue weighted by Crippen LogP contribution is -2.11. The van der Waals surface area contributed by atoms with Gasteiger partial charge in [0, 0.05) is 32.9 Å². The zero-order chi connectivity index (χ0) is 47.8. The van der Waals surface area contributed by atoms with Crippen LogP contribution in [0.3, 0.4) is 0 Å². The molecule has 0 amide bonds. The Bertz CT molecular complexity index is 3770. The number of nitrogens with zero attached hydrogens (tertiary/aromatic N) is 2. The van der Waals surface area contributed by atoms with Crippen LogP contribution in [-0.4, -0.2) is 0 Å². The molecule has 0 saturated heterocycles. The van der Waals surface area contributed by atoms with Crippen molar-refractivity contribution in [1.82, 2.24) is 0 Å². The van der Waals surface area contributed by atoms with Crippen molar-refractivity contribution < 1.29 is 0 Å². The van der Waals surface area contributed by atoms with Crippen LogP contribution in [0.25, 0.3) is 88.9 Å². The number of hydrogen-bond donors (Lipinski definition) is 0. The minimum Gasteiger partial charge on any atom is -0.309 e. The van der Waals surface area contributed by atoms with Crippen LogP contribution in [0.4, 0.5) is 34.1 Å². The molecule has 0 radical (unpaired) electrons. The number of anilines is 6. The van der Waals surface area contributed by atoms with E-state index in [1.165, 1.54) is 75.8 Å². The average Bonchev–Trinajstić information content (AvgIpc) is 3.44. The largest absolute Gasteiger partial charge is 0.309 e. The van der Waals surface area contributed by atoms with Crippen molar-refractivity contribution in [2.24, 2.45) is 0 Å². The second-order valence-corrected chi connectivity index (χ2v) is 18.6. The highest BCUT2D eigenvalue weighted by atomic mass is 15.2. The predicted molar refractivity (Wildman–Crippen MR) is 312 cm³/mol. The lowest BCUT2D eigenvalue weighted by molar-refractivity contribution is 1.31. The van der Waals surface area contributed by atoms with Gasteiger partial charge >= 0.3 is 0 Å². The molecule has 338 valence electrons. The third-order valence-corrected chi connectivity index (χ3v) is 14.1. The fourth-order valence-electron chi connectivity index (χ4n) is 10.5. The van der Waals surface area contributed by atoms with Crippen molar-refractivity contribution in [3.63, 3.8) is 0 Å². The van der Waals surface area contributed by atoms with Gasteiger partial charge in [-0.05, 0) is 138 Å². The molecule has 2 nitrogen and oxygen atoms in total. The lowest BCUT2D eigenvalue weighted by atomic mass is 9.99. The van der Waals surface area contributed by atoms with Gasteiger partial charge < -0.3 is 9.80 Å². The van der Waals surface area contributed by atoms with Crippen LogP contribution >= 0.6 is 0 Å². The third-order valence-electron chi connectivity index (χ3n) is 14.1. The highest BCUT2D eigenvalue weighted by Gasteiger charge is 2.19. The van der Waals surface area contributed by atoms with Crippen molar-refractivity contribution in [2.45, 2.75) is 0 Å². The Kier molecular flexibility index (Phi) is 10.9. The second kappa shape index (κ2) is 18.4. The summed E-state index contributed by atoms with van der Waals surface area (Å²) in [5, 5.41) is 14.7. The van der Waals surface area contributed by atoms with E-state index >= 15 is 0 Å². The molecule has 0 saturated carbocycles. The van der Waals surface area contributed by atoms with Gasteiger partial charge in [0.15, 0.2) is 0 Å². The minimum atomic E-state index is 1.11. The van der Waals surface area contributed by atoms with E-state index in [4.69, 9.17) is 0 Å². The van der Waals surface area contributed by atoms with E-state index in [0.29, 0.717) is 0 Å². The van der Waals surface area contributed by atoms with E-state index in [9.17, 15) is 0 Å². The summed E-state index contributed by atoms with van der Waals surface area (Å²) in [6.07, 6.45) is 8.86. The molecule has 13 rings (SSSR count). The van der Waals surface area contributed by atoms with Gasteiger partial charge in [-0.15, -0.1) is 0 Å². The second-order valence-electron chi connectivity index (χ2n) is 18.6. The highest BCUT2D eigenvalue weighted by molar-refractivity contribution is 6.07. The number of rotatable bonds is 10. The molecule has 0 N–H and O–H groups in total. The molecule has 0 aliphatic rings. The van der Waals surface area contributed by atoms with Crippen molar-refractivity contribution in [1.29, 1.82) is 0 Å². The van der Waals surface area contributed by atoms with Crippen molar-refractivity contribution >= 4 is 123 Å². The monoisotopic (exact) mass is 916 g/mol. The van der Waals surface area contributed by atoms with Gasteiger partial charge in [0.2, 0.25) is 0 Å². The molecular formula is C70H48N2. The highest BCUT2D eigenvalue weighted by Crippen LogP contribution is 2.44. The first-order chi connectivity index (χ1) is 35.7. The zero-order valence-electron chi connectivity index (χ0n) is 39.6. The Morgan fingerprint density at radius 1 is 0.194 bits per heavy atom. The van der Waals surface area contributed by atoms with Crippen LogP contribution in [0.5, 0.6) is 0 Å². The fraction of sp³-hybridized carbons (Fsp3) is 0. The molecule has 0 fully saturated rings. The summed E-state index contributed by atoms with van der Waals surface area (Å²) in [4.78, 5) is 4.80. The topological polar surface area (TPSA) is 6.48 Å². The summed E-state index contributed by atoms with van der Waals surface area (Å²) in [7, 11) is 0. The first kappa shape index (κ1) is 42.6. The van der Waals surface area contributed by atoms with Crippen molar-refractivity contribution in [3.8, 4) is 0 Å². The van der Waals surface area contributed by atoms with Crippen LogP contribution in [0.1, 0.15) is 22.3 Å². The SMILES string of the molecule is C(=Cc1ccc2cc3cc(C=Cc4ccc(N(c5cccc6ccccc56)c5cccc6ccccc56)cc4)ccc3cc2c1)c1ccc(N(c2cccc3ccccc23)c2cccc3ccccc23)cc1. The van der Waals surface area contributed by atoms with E-state index in [1.54, 1.807) is 0 Å². The summed E-state index contributed by atoms with van der Waals surface area (Å²) in [6.45, 7) is 0. The fourth-order valence-corrected chi connectivity index (χ4v) is 10.5. The molecule has 0 atom stereocenters. The smallest absolute Gasteiger partial charge is 0.0540 e. The van der Waals surface area contributed by atoms with Crippen LogP contribution in [0, 0.1) is 0 Å². The van der Waals surface area contributed by atoms with Gasteiger partial charge in [-0.25, -0.2) is 0 Å². The Balaban J connectivity index is 0.748. The number of fused-ring (bicyclic) bond motifs is 6. The normalized spacial score (nSPS) is 11.8. The van der Waals surface area contributed by atoms with E-state index in [1.807, 2.05) is 0 Å². The quantitative estimate of drug-likeness (QED) is 0.0996. The maximum absolute atomic E-state index is 2.40. The van der Waals surface area contributed by atoms with Gasteiger partial charge in [-0.3, -0.25) is 0 Å². The summed E-state index contributed by atoms with van der Waals surface area (Å²) < 4.78 is 0. The van der Waals surface area contributed by atoms with E-state index in [0.717, 1.165) is 45.3 Å². The maximum Gasteiger partial charge on any atom is 0.0540 e. The van der Waals surface area contributed by atoms with Crippen LogP contribution in [0.15, 0.2) is 267 Å². The van der Waals surface area contributed by atoms with E-state index in [-0.39, 0.29) is 0 Å². The standard InChI is InChI=1S/C70H48N2/c1-5-21-63-53(13-1)17-9-25-67(63)71(68-26-10-18-54-14-2-6-22-64(54)68)61-41-35-49(36-42-61)29-31-51-33-39-57-48-60-46-52(34-40-58(60)47-59(57)45-51)32-30-50-37-43-62(44-38-50)72(69-27-11-19-55-15-3-7-23-65(55)69)70-28-12-20-56-16-4-8-24-66(56)70/h1-48H. The van der Waals surface area contributed by atoms with Gasteiger partial charge in [-0.2, -0.15) is 0 Å². The Morgan fingerprint density at radius 3 is 0.806 bits per heavy atom. The Hall–Kier alpha value is -9.50. The number of hydrogen-bond acceptors (Lipinski definition) is 2. The summed E-state index contributed by atoms with van der Waals surface area (Å²) in [5.41, 5.74) is 11.5. The maximum atomic E-state index is 2.40. The van der Waals surface area contributed by atoms with E-state index in [2.05, 4.69) is 301 Å². The van der Waals surface area contributed by atoms with Gasteiger partial charge in [0.25, 0.3) is 0 Å². The molecule has 0 aliphatic heterocycles. The van der Waals surface area contributed by atoms with E-state index < -0.39 is 0 Å². The van der Waals surface area contributed by atoms with Gasteiger partial charge in [-0.1, -0.05) is 218 Å². The van der Waals surface area contributed by atoms with Gasteiger partial charge in [0.1, 0.15) is 0 Å². The van der Waals surface area contributed by atoms with Crippen LogP contribution in [0.2, 0.25) is 0 Å². The van der Waals surface area contributed by atoms with Crippen LogP contribution < -0.4 is 9.80 Å². The first-order valence-electron chi connectivity index (χ1n) is 24.7. The summed E-state index contributed by atoms with van der Waals surface area (Å²) in [5.74, 6) is 0. The molecule has 2 heteroatoms. The predicted octanol–water partition coefficient (Wildman–Crippen LogP) is 19.9.